The molecule has 2 atom stereocenters. The summed E-state index contributed by atoms with van der Waals surface area (Å²) >= 11 is 6.71. The van der Waals surface area contributed by atoms with E-state index in [9.17, 15) is 16.8 Å². The van der Waals surface area contributed by atoms with Crippen LogP contribution in [0.1, 0.15) is 37.6 Å². The summed E-state index contributed by atoms with van der Waals surface area (Å²) in [7, 11) is 0.942. The Balaban J connectivity index is 0.000000186. The number of halogens is 2. The lowest BCUT2D eigenvalue weighted by Gasteiger charge is -2.37. The topological polar surface area (TPSA) is 139 Å². The number of hydrogen-bond acceptors (Lipinski definition) is 12. The lowest BCUT2D eigenvalue weighted by molar-refractivity contribution is 0.141. The van der Waals surface area contributed by atoms with Gasteiger partial charge in [0, 0.05) is 100 Å². The van der Waals surface area contributed by atoms with E-state index < -0.39 is 20.0 Å². The molecule has 0 N–H and O–H groups in total. The highest BCUT2D eigenvalue weighted by atomic mass is 79.9. The Morgan fingerprint density at radius 2 is 0.806 bits per heavy atom. The van der Waals surface area contributed by atoms with E-state index in [1.54, 1.807) is 57.1 Å². The zero-order valence-corrected chi connectivity index (χ0v) is 40.5. The van der Waals surface area contributed by atoms with Gasteiger partial charge in [-0.1, -0.05) is 56.1 Å². The molecule has 4 aromatic carbocycles. The summed E-state index contributed by atoms with van der Waals surface area (Å²) < 4.78 is 56.7. The van der Waals surface area contributed by atoms with Crippen LogP contribution < -0.4 is 9.80 Å². The smallest absolute Gasteiger partial charge is 0.243 e. The zero-order chi connectivity index (χ0) is 44.3. The van der Waals surface area contributed by atoms with E-state index in [-0.39, 0.29) is 12.1 Å². The second-order valence-corrected chi connectivity index (χ2v) is 21.5. The molecule has 62 heavy (non-hydrogen) atoms. The van der Waals surface area contributed by atoms with Gasteiger partial charge >= 0.3 is 0 Å². The van der Waals surface area contributed by atoms with E-state index in [0.717, 1.165) is 54.0 Å². The number of benzene rings is 4. The summed E-state index contributed by atoms with van der Waals surface area (Å²) in [6.45, 7) is 8.45. The highest BCUT2D eigenvalue weighted by molar-refractivity contribution is 9.10. The quantitative estimate of drug-likeness (QED) is 0.139. The molecule has 8 rings (SSSR count). The monoisotopic (exact) mass is 1010 g/mol. The summed E-state index contributed by atoms with van der Waals surface area (Å²) in [4.78, 5) is 28.4. The van der Waals surface area contributed by atoms with Gasteiger partial charge in [0.2, 0.25) is 20.0 Å². The van der Waals surface area contributed by atoms with Crippen molar-refractivity contribution in [2.24, 2.45) is 0 Å². The minimum Gasteiger partial charge on any atom is -0.362 e. The van der Waals surface area contributed by atoms with Gasteiger partial charge in [0.05, 0.1) is 32.9 Å². The average molecular weight is 1010 g/mol. The first-order valence-electron chi connectivity index (χ1n) is 20.4. The average Bonchev–Trinajstić information content (AvgIpc) is 3.28. The van der Waals surface area contributed by atoms with Crippen molar-refractivity contribution in [3.63, 3.8) is 0 Å². The molecule has 18 heteroatoms. The molecule has 6 aromatic rings. The molecule has 4 heterocycles. The zero-order valence-electron chi connectivity index (χ0n) is 35.7. The van der Waals surface area contributed by atoms with Crippen LogP contribution in [0, 0.1) is 0 Å². The fourth-order valence-corrected chi connectivity index (χ4v) is 11.1. The van der Waals surface area contributed by atoms with Crippen molar-refractivity contribution < 1.29 is 16.8 Å². The van der Waals surface area contributed by atoms with Crippen LogP contribution in [0.5, 0.6) is 0 Å². The number of anilines is 2. The minimum absolute atomic E-state index is 0.0131. The maximum Gasteiger partial charge on any atom is 0.243 e. The number of para-hydroxylation sites is 2. The van der Waals surface area contributed by atoms with E-state index in [1.165, 1.54) is 0 Å². The first-order chi connectivity index (χ1) is 29.5. The standard InChI is InChI=1S/2C22H26BrN5O2S/c2*1-16(21-24-20-7-5-4-6-19(20)22(25-21)26(2)3)27-12-14-28(15-13-27)31(29,30)18-10-8-17(23)9-11-18/h2*4-11,16H,12-15H2,1-3H3. The van der Waals surface area contributed by atoms with Crippen LogP contribution in [-0.4, -0.2) is 136 Å². The molecule has 0 spiro atoms. The van der Waals surface area contributed by atoms with Crippen molar-refractivity contribution in [3.8, 4) is 0 Å². The lowest BCUT2D eigenvalue weighted by Crippen LogP contribution is -2.49. The highest BCUT2D eigenvalue weighted by Gasteiger charge is 2.33. The molecule has 2 aromatic heterocycles. The molecular formula is C44H52Br2N10O4S2. The van der Waals surface area contributed by atoms with E-state index >= 15 is 0 Å². The molecule has 0 aliphatic carbocycles. The van der Waals surface area contributed by atoms with Gasteiger partial charge in [-0.2, -0.15) is 8.61 Å². The molecule has 328 valence electrons. The van der Waals surface area contributed by atoms with E-state index in [2.05, 4.69) is 55.5 Å². The number of aromatic nitrogens is 4. The minimum atomic E-state index is -3.49. The van der Waals surface area contributed by atoms with E-state index in [1.807, 2.05) is 86.5 Å². The van der Waals surface area contributed by atoms with Crippen LogP contribution in [0.2, 0.25) is 0 Å². The van der Waals surface area contributed by atoms with Crippen molar-refractivity contribution >= 4 is 85.3 Å². The van der Waals surface area contributed by atoms with Crippen LogP contribution >= 0.6 is 31.9 Å². The third-order valence-electron chi connectivity index (χ3n) is 11.3. The van der Waals surface area contributed by atoms with Gasteiger partial charge < -0.3 is 9.80 Å². The molecule has 0 bridgehead atoms. The van der Waals surface area contributed by atoms with Gasteiger partial charge in [-0.15, -0.1) is 0 Å². The Kier molecular flexibility index (Phi) is 14.3. The molecule has 2 fully saturated rings. The number of sulfonamides is 2. The highest BCUT2D eigenvalue weighted by Crippen LogP contribution is 2.30. The van der Waals surface area contributed by atoms with Gasteiger partial charge in [-0.3, -0.25) is 9.80 Å². The molecule has 2 unspecified atom stereocenters. The van der Waals surface area contributed by atoms with Crippen LogP contribution in [0.15, 0.2) is 116 Å². The summed E-state index contributed by atoms with van der Waals surface area (Å²) in [5, 5.41) is 2.04. The molecule has 0 saturated carbocycles. The molecule has 0 amide bonds. The number of rotatable bonds is 10. The van der Waals surface area contributed by atoms with Crippen LogP contribution in [-0.2, 0) is 20.0 Å². The Morgan fingerprint density at radius 1 is 0.484 bits per heavy atom. The number of fused-ring (bicyclic) bond motifs is 2. The first kappa shape index (κ1) is 45.9. The molecular weight excluding hydrogens is 956 g/mol. The maximum absolute atomic E-state index is 13.0. The van der Waals surface area contributed by atoms with Crippen molar-refractivity contribution in [2.75, 3.05) is 90.3 Å². The third kappa shape index (κ3) is 9.97. The van der Waals surface area contributed by atoms with E-state index in [0.29, 0.717) is 62.1 Å². The number of hydrogen-bond donors (Lipinski definition) is 0. The molecule has 14 nitrogen and oxygen atoms in total. The summed E-state index contributed by atoms with van der Waals surface area (Å²) in [6, 6.07) is 29.6. The third-order valence-corrected chi connectivity index (χ3v) is 16.2. The van der Waals surface area contributed by atoms with Gasteiger partial charge in [-0.25, -0.2) is 36.8 Å². The number of piperazine rings is 2. The van der Waals surface area contributed by atoms with Crippen LogP contribution in [0.25, 0.3) is 21.8 Å². The second kappa shape index (κ2) is 19.3. The molecule has 2 aliphatic heterocycles. The van der Waals surface area contributed by atoms with Crippen molar-refractivity contribution in [3.05, 3.63) is 118 Å². The van der Waals surface area contributed by atoms with Gasteiger partial charge in [-0.05, 0) is 86.6 Å². The summed E-state index contributed by atoms with van der Waals surface area (Å²) in [5.41, 5.74) is 1.83. The molecule has 0 radical (unpaired) electrons. The summed E-state index contributed by atoms with van der Waals surface area (Å²) in [6.07, 6.45) is 0. The normalized spacial score (nSPS) is 17.0. The van der Waals surface area contributed by atoms with Crippen LogP contribution in [0.4, 0.5) is 11.6 Å². The second-order valence-electron chi connectivity index (χ2n) is 15.8. The van der Waals surface area contributed by atoms with Gasteiger partial charge in [0.25, 0.3) is 0 Å². The summed E-state index contributed by atoms with van der Waals surface area (Å²) in [5.74, 6) is 3.30. The predicted octanol–water partition coefficient (Wildman–Crippen LogP) is 7.05. The van der Waals surface area contributed by atoms with Crippen LogP contribution in [0.3, 0.4) is 0 Å². The predicted molar refractivity (Wildman–Crippen MR) is 254 cm³/mol. The van der Waals surface area contributed by atoms with Gasteiger partial charge in [0.15, 0.2) is 0 Å². The SMILES string of the molecule is CC(c1nc(N(C)C)c2ccccc2n1)N1CCN(S(=O)(=O)c2ccc(Br)cc2)CC1.CC(c1nc(N(C)C)c2ccccc2n1)N1CCN(S(=O)(=O)c2ccc(Br)cc2)CC1. The van der Waals surface area contributed by atoms with Gasteiger partial charge in [0.1, 0.15) is 23.3 Å². The van der Waals surface area contributed by atoms with Crippen molar-refractivity contribution in [2.45, 2.75) is 35.7 Å². The lowest BCUT2D eigenvalue weighted by atomic mass is 10.2. The molecule has 2 saturated heterocycles. The molecule has 2 aliphatic rings. The number of nitrogens with zero attached hydrogens (tertiary/aromatic N) is 10. The Hall–Kier alpha value is -4.14. The largest absolute Gasteiger partial charge is 0.362 e. The van der Waals surface area contributed by atoms with Crippen molar-refractivity contribution in [1.29, 1.82) is 0 Å². The first-order valence-corrected chi connectivity index (χ1v) is 24.9. The maximum atomic E-state index is 13.0. The Morgan fingerprint density at radius 3 is 1.13 bits per heavy atom. The Bertz CT molecular complexity index is 2540. The van der Waals surface area contributed by atoms with Crippen molar-refractivity contribution in [1.82, 2.24) is 38.3 Å². The fraction of sp³-hybridized carbons (Fsp3) is 0.364. The fourth-order valence-electron chi connectivity index (χ4n) is 7.71. The Labute approximate surface area is 381 Å². The van der Waals surface area contributed by atoms with E-state index in [4.69, 9.17) is 19.9 Å².